The highest BCUT2D eigenvalue weighted by Gasteiger charge is 2.02. The molecule has 1 rings (SSSR count). The van der Waals surface area contributed by atoms with Crippen LogP contribution in [0.15, 0.2) is 29.3 Å². The van der Waals surface area contributed by atoms with E-state index >= 15 is 0 Å². The molecule has 0 atom stereocenters. The number of amides is 1. The van der Waals surface area contributed by atoms with Crippen molar-refractivity contribution in [2.75, 3.05) is 20.1 Å². The van der Waals surface area contributed by atoms with Crippen molar-refractivity contribution in [3.05, 3.63) is 35.4 Å². The summed E-state index contributed by atoms with van der Waals surface area (Å²) in [7, 11) is 1.63. The molecule has 5 nitrogen and oxygen atoms in total. The summed E-state index contributed by atoms with van der Waals surface area (Å²) in [5.74, 6) is 0.765. The molecule has 0 saturated carbocycles. The normalized spacial score (nSPS) is 10.6. The second kappa shape index (κ2) is 12.3. The number of aliphatic imine (C=N–C) groups is 1. The van der Waals surface area contributed by atoms with E-state index in [0.717, 1.165) is 37.5 Å². The number of guanidine groups is 1. The zero-order chi connectivity index (χ0) is 15.5. The number of nitrogens with one attached hydrogen (secondary N) is 3. The molecule has 0 bridgehead atoms. The predicted octanol–water partition coefficient (Wildman–Crippen LogP) is 2.52. The minimum absolute atomic E-state index is 0. The Kier molecular flexibility index (Phi) is 11.5. The quantitative estimate of drug-likeness (QED) is 0.276. The Morgan fingerprint density at radius 1 is 1.14 bits per heavy atom. The van der Waals surface area contributed by atoms with Gasteiger partial charge in [-0.2, -0.15) is 0 Å². The van der Waals surface area contributed by atoms with Crippen LogP contribution in [0.5, 0.6) is 0 Å². The van der Waals surface area contributed by atoms with Gasteiger partial charge in [0.05, 0.1) is 6.54 Å². The third kappa shape index (κ3) is 7.63. The predicted molar refractivity (Wildman–Crippen MR) is 103 cm³/mol. The molecule has 6 heteroatoms. The van der Waals surface area contributed by atoms with Gasteiger partial charge >= 0.3 is 0 Å². The Balaban J connectivity index is 0.00000441. The Hall–Kier alpha value is -1.31. The van der Waals surface area contributed by atoms with E-state index in [4.69, 9.17) is 0 Å². The topological polar surface area (TPSA) is 65.5 Å². The van der Waals surface area contributed by atoms with Gasteiger partial charge in [0.15, 0.2) is 5.96 Å². The van der Waals surface area contributed by atoms with Crippen molar-refractivity contribution in [1.29, 1.82) is 0 Å². The van der Waals surface area contributed by atoms with E-state index in [2.05, 4.69) is 34.8 Å². The Bertz CT molecular complexity index is 460. The first-order valence-corrected chi connectivity index (χ1v) is 7.54. The molecule has 0 aliphatic heterocycles. The number of nitrogens with zero attached hydrogens (tertiary/aromatic N) is 1. The van der Waals surface area contributed by atoms with Crippen LogP contribution in [0.2, 0.25) is 0 Å². The van der Waals surface area contributed by atoms with Gasteiger partial charge in [-0.25, -0.2) is 4.99 Å². The fourth-order valence-corrected chi connectivity index (χ4v) is 1.80. The minimum atomic E-state index is -0.0698. The van der Waals surface area contributed by atoms with Crippen LogP contribution in [0.3, 0.4) is 0 Å². The van der Waals surface area contributed by atoms with Crippen molar-refractivity contribution in [3.8, 4) is 0 Å². The summed E-state index contributed by atoms with van der Waals surface area (Å²) < 4.78 is 0. The monoisotopic (exact) mass is 418 g/mol. The van der Waals surface area contributed by atoms with Gasteiger partial charge in [0.2, 0.25) is 0 Å². The molecule has 3 N–H and O–H groups in total. The summed E-state index contributed by atoms with van der Waals surface area (Å²) in [5.41, 5.74) is 1.74. The van der Waals surface area contributed by atoms with E-state index in [1.54, 1.807) is 7.05 Å². The van der Waals surface area contributed by atoms with Gasteiger partial charge < -0.3 is 16.0 Å². The molecule has 0 saturated heterocycles. The summed E-state index contributed by atoms with van der Waals surface area (Å²) in [6.07, 6.45) is 2.29. The fraction of sp³-hybridized carbons (Fsp3) is 0.500. The lowest BCUT2D eigenvalue weighted by Crippen LogP contribution is -2.37. The van der Waals surface area contributed by atoms with Crippen molar-refractivity contribution < 1.29 is 4.79 Å². The zero-order valence-corrected chi connectivity index (χ0v) is 15.9. The maximum absolute atomic E-state index is 11.5. The molecule has 0 aliphatic carbocycles. The van der Waals surface area contributed by atoms with Crippen LogP contribution in [0.4, 0.5) is 0 Å². The molecule has 0 heterocycles. The highest BCUT2D eigenvalue weighted by molar-refractivity contribution is 14.0. The van der Waals surface area contributed by atoms with Crippen molar-refractivity contribution >= 4 is 35.8 Å². The zero-order valence-electron chi connectivity index (χ0n) is 13.6. The molecular weight excluding hydrogens is 391 g/mol. The van der Waals surface area contributed by atoms with Crippen LogP contribution < -0.4 is 16.0 Å². The summed E-state index contributed by atoms with van der Waals surface area (Å²) in [6, 6.07) is 7.51. The van der Waals surface area contributed by atoms with E-state index in [1.807, 2.05) is 24.3 Å². The molecule has 1 amide bonds. The maximum Gasteiger partial charge on any atom is 0.251 e. The van der Waals surface area contributed by atoms with Crippen LogP contribution in [0, 0.1) is 0 Å². The lowest BCUT2D eigenvalue weighted by atomic mass is 10.1. The number of halogens is 1. The maximum atomic E-state index is 11.5. The van der Waals surface area contributed by atoms with E-state index in [-0.39, 0.29) is 29.9 Å². The summed E-state index contributed by atoms with van der Waals surface area (Å²) in [5, 5.41) is 9.14. The standard InChI is InChI=1S/C16H26N4O.HI/c1-4-6-11-19-16(18-5-2)20-12-13-7-9-14(10-8-13)15(21)17-3;/h7-10H,4-6,11-12H2,1-3H3,(H,17,21)(H2,18,19,20);1H. The molecule has 124 valence electrons. The van der Waals surface area contributed by atoms with Crippen molar-refractivity contribution in [2.45, 2.75) is 33.2 Å². The van der Waals surface area contributed by atoms with Gasteiger partial charge in [0, 0.05) is 25.7 Å². The molecule has 0 radical (unpaired) electrons. The lowest BCUT2D eigenvalue weighted by Gasteiger charge is -2.10. The van der Waals surface area contributed by atoms with Crippen LogP contribution in [-0.4, -0.2) is 32.0 Å². The number of carbonyl (C=O) groups is 1. The number of carbonyl (C=O) groups excluding carboxylic acids is 1. The van der Waals surface area contributed by atoms with E-state index in [1.165, 1.54) is 0 Å². The third-order valence-electron chi connectivity index (χ3n) is 3.03. The average molecular weight is 418 g/mol. The molecular formula is C16H27IN4O. The van der Waals surface area contributed by atoms with Gasteiger partial charge in [-0.3, -0.25) is 4.79 Å². The van der Waals surface area contributed by atoms with Gasteiger partial charge in [-0.05, 0) is 31.0 Å². The third-order valence-corrected chi connectivity index (χ3v) is 3.03. The number of unbranched alkanes of at least 4 members (excludes halogenated alkanes) is 1. The number of hydrogen-bond donors (Lipinski definition) is 3. The van der Waals surface area contributed by atoms with E-state index in [9.17, 15) is 4.79 Å². The van der Waals surface area contributed by atoms with Crippen LogP contribution in [-0.2, 0) is 6.54 Å². The Labute approximate surface area is 150 Å². The smallest absolute Gasteiger partial charge is 0.251 e. The molecule has 0 aliphatic rings. The highest BCUT2D eigenvalue weighted by atomic mass is 127. The van der Waals surface area contributed by atoms with Gasteiger partial charge in [-0.1, -0.05) is 25.5 Å². The van der Waals surface area contributed by atoms with Gasteiger partial charge in [0.25, 0.3) is 5.91 Å². The van der Waals surface area contributed by atoms with Crippen molar-refractivity contribution in [2.24, 2.45) is 4.99 Å². The Morgan fingerprint density at radius 3 is 2.36 bits per heavy atom. The second-order valence-electron chi connectivity index (χ2n) is 4.75. The van der Waals surface area contributed by atoms with Crippen molar-refractivity contribution in [3.63, 3.8) is 0 Å². The lowest BCUT2D eigenvalue weighted by molar-refractivity contribution is 0.0963. The number of rotatable bonds is 7. The highest BCUT2D eigenvalue weighted by Crippen LogP contribution is 2.05. The summed E-state index contributed by atoms with van der Waals surface area (Å²) >= 11 is 0. The Morgan fingerprint density at radius 2 is 1.82 bits per heavy atom. The van der Waals surface area contributed by atoms with Crippen LogP contribution >= 0.6 is 24.0 Å². The van der Waals surface area contributed by atoms with E-state index < -0.39 is 0 Å². The molecule has 1 aromatic carbocycles. The molecule has 0 aromatic heterocycles. The molecule has 1 aromatic rings. The number of benzene rings is 1. The minimum Gasteiger partial charge on any atom is -0.357 e. The molecule has 22 heavy (non-hydrogen) atoms. The first kappa shape index (κ1) is 20.7. The first-order valence-electron chi connectivity index (χ1n) is 7.54. The van der Waals surface area contributed by atoms with E-state index in [0.29, 0.717) is 12.1 Å². The van der Waals surface area contributed by atoms with Crippen LogP contribution in [0.1, 0.15) is 42.6 Å². The van der Waals surface area contributed by atoms with Gasteiger partial charge in [-0.15, -0.1) is 24.0 Å². The largest absolute Gasteiger partial charge is 0.357 e. The molecule has 0 spiro atoms. The SMILES string of the molecule is CCCCNC(=NCc1ccc(C(=O)NC)cc1)NCC.I. The summed E-state index contributed by atoms with van der Waals surface area (Å²) in [4.78, 5) is 16.0. The number of hydrogen-bond acceptors (Lipinski definition) is 2. The molecule has 0 fully saturated rings. The van der Waals surface area contributed by atoms with Gasteiger partial charge in [0.1, 0.15) is 0 Å². The van der Waals surface area contributed by atoms with Crippen molar-refractivity contribution in [1.82, 2.24) is 16.0 Å². The fourth-order valence-electron chi connectivity index (χ4n) is 1.80. The summed E-state index contributed by atoms with van der Waals surface area (Å²) in [6.45, 7) is 6.58. The second-order valence-corrected chi connectivity index (χ2v) is 4.75. The molecule has 0 unspecified atom stereocenters. The first-order chi connectivity index (χ1) is 10.2. The average Bonchev–Trinajstić information content (AvgIpc) is 2.52. The van der Waals surface area contributed by atoms with Crippen LogP contribution in [0.25, 0.3) is 0 Å².